The van der Waals surface area contributed by atoms with Crippen LogP contribution in [-0.2, 0) is 17.8 Å². The van der Waals surface area contributed by atoms with Crippen molar-refractivity contribution in [2.24, 2.45) is 11.7 Å². The zero-order chi connectivity index (χ0) is 13.3. The van der Waals surface area contributed by atoms with Crippen LogP contribution in [0.15, 0.2) is 12.1 Å². The SMILES string of the molecule is CC(CN)C(=O)N1CCc2cc(Cl)cc(Cl)c2C1.Cl. The molecule has 1 aliphatic heterocycles. The molecule has 0 saturated carbocycles. The Morgan fingerprint density at radius 2 is 2.16 bits per heavy atom. The van der Waals surface area contributed by atoms with Crippen LogP contribution < -0.4 is 5.73 Å². The van der Waals surface area contributed by atoms with E-state index >= 15 is 0 Å². The third kappa shape index (κ3) is 3.54. The van der Waals surface area contributed by atoms with Crippen LogP contribution in [0.5, 0.6) is 0 Å². The predicted octanol–water partition coefficient (Wildman–Crippen LogP) is 2.89. The van der Waals surface area contributed by atoms with Gasteiger partial charge >= 0.3 is 0 Å². The number of rotatable bonds is 2. The topological polar surface area (TPSA) is 46.3 Å². The Labute approximate surface area is 129 Å². The van der Waals surface area contributed by atoms with E-state index in [9.17, 15) is 4.79 Å². The van der Waals surface area contributed by atoms with Gasteiger partial charge in [-0.25, -0.2) is 0 Å². The molecule has 0 saturated heterocycles. The van der Waals surface area contributed by atoms with Crippen molar-refractivity contribution >= 4 is 41.5 Å². The molecule has 2 N–H and O–H groups in total. The number of halogens is 3. The van der Waals surface area contributed by atoms with Crippen LogP contribution in [0.2, 0.25) is 10.0 Å². The van der Waals surface area contributed by atoms with Crippen LogP contribution in [-0.4, -0.2) is 23.9 Å². The van der Waals surface area contributed by atoms with Crippen LogP contribution in [0.3, 0.4) is 0 Å². The fourth-order valence-electron chi connectivity index (χ4n) is 2.18. The highest BCUT2D eigenvalue weighted by Gasteiger charge is 2.25. The van der Waals surface area contributed by atoms with E-state index in [1.54, 1.807) is 6.07 Å². The largest absolute Gasteiger partial charge is 0.338 e. The van der Waals surface area contributed by atoms with Crippen LogP contribution in [0.25, 0.3) is 0 Å². The highest BCUT2D eigenvalue weighted by Crippen LogP contribution is 2.30. The second-order valence-electron chi connectivity index (χ2n) is 4.67. The minimum absolute atomic E-state index is 0. The molecule has 0 aromatic heterocycles. The van der Waals surface area contributed by atoms with Gasteiger partial charge in [0.05, 0.1) is 0 Å². The summed E-state index contributed by atoms with van der Waals surface area (Å²) in [5.41, 5.74) is 7.67. The molecule has 1 amide bonds. The smallest absolute Gasteiger partial charge is 0.226 e. The van der Waals surface area contributed by atoms with E-state index in [2.05, 4.69) is 0 Å². The van der Waals surface area contributed by atoms with Gasteiger partial charge in [0.2, 0.25) is 5.91 Å². The second-order valence-corrected chi connectivity index (χ2v) is 5.52. The van der Waals surface area contributed by atoms with Crippen LogP contribution in [0, 0.1) is 5.92 Å². The number of carbonyl (C=O) groups excluding carboxylic acids is 1. The molecule has 0 aliphatic carbocycles. The normalized spacial score (nSPS) is 15.5. The molecule has 3 nitrogen and oxygen atoms in total. The molecule has 2 rings (SSSR count). The monoisotopic (exact) mass is 322 g/mol. The minimum Gasteiger partial charge on any atom is -0.338 e. The third-order valence-electron chi connectivity index (χ3n) is 3.34. The molecule has 0 fully saturated rings. The van der Waals surface area contributed by atoms with Crippen molar-refractivity contribution in [3.05, 3.63) is 33.3 Å². The average Bonchev–Trinajstić information content (AvgIpc) is 2.36. The lowest BCUT2D eigenvalue weighted by molar-refractivity contribution is -0.135. The lowest BCUT2D eigenvalue weighted by Crippen LogP contribution is -2.41. The van der Waals surface area contributed by atoms with Crippen molar-refractivity contribution in [1.29, 1.82) is 0 Å². The van der Waals surface area contributed by atoms with E-state index in [0.717, 1.165) is 17.5 Å². The summed E-state index contributed by atoms with van der Waals surface area (Å²) in [6.45, 7) is 3.47. The quantitative estimate of drug-likeness (QED) is 0.909. The standard InChI is InChI=1S/C13H16Cl2N2O.ClH/c1-8(6-16)13(18)17-3-2-9-4-10(14)5-12(15)11(9)7-17;/h4-5,8H,2-3,6-7,16H2,1H3;1H. The number of fused-ring (bicyclic) bond motifs is 1. The van der Waals surface area contributed by atoms with Gasteiger partial charge < -0.3 is 10.6 Å². The number of hydrogen-bond acceptors (Lipinski definition) is 2. The molecular weight excluding hydrogens is 307 g/mol. The number of carbonyl (C=O) groups is 1. The first kappa shape index (κ1) is 16.6. The van der Waals surface area contributed by atoms with Crippen molar-refractivity contribution < 1.29 is 4.79 Å². The molecule has 1 aliphatic rings. The minimum atomic E-state index is -0.141. The van der Waals surface area contributed by atoms with Gasteiger partial charge in [0, 0.05) is 35.6 Å². The first-order chi connectivity index (χ1) is 8.52. The second kappa shape index (κ2) is 6.80. The van der Waals surface area contributed by atoms with Crippen molar-refractivity contribution in [1.82, 2.24) is 4.90 Å². The number of benzene rings is 1. The van der Waals surface area contributed by atoms with E-state index in [0.29, 0.717) is 29.7 Å². The van der Waals surface area contributed by atoms with Crippen LogP contribution in [0.1, 0.15) is 18.1 Å². The Bertz CT molecular complexity index is 479. The summed E-state index contributed by atoms with van der Waals surface area (Å²) < 4.78 is 0. The molecule has 1 unspecified atom stereocenters. The van der Waals surface area contributed by atoms with Gasteiger partial charge in [-0.15, -0.1) is 12.4 Å². The molecule has 1 atom stereocenters. The zero-order valence-corrected chi connectivity index (χ0v) is 13.0. The number of nitrogens with zero attached hydrogens (tertiary/aromatic N) is 1. The van der Waals surface area contributed by atoms with Crippen molar-refractivity contribution in [2.45, 2.75) is 19.9 Å². The number of nitrogens with two attached hydrogens (primary N) is 1. The molecule has 1 aromatic carbocycles. The molecule has 1 heterocycles. The first-order valence-corrected chi connectivity index (χ1v) is 6.74. The molecule has 6 heteroatoms. The van der Waals surface area contributed by atoms with Crippen LogP contribution >= 0.6 is 35.6 Å². The molecule has 1 aromatic rings. The Kier molecular flexibility index (Phi) is 5.93. The zero-order valence-electron chi connectivity index (χ0n) is 10.7. The third-order valence-corrected chi connectivity index (χ3v) is 3.89. The predicted molar refractivity (Wildman–Crippen MR) is 81.0 cm³/mol. The Morgan fingerprint density at radius 1 is 1.47 bits per heavy atom. The fourth-order valence-corrected chi connectivity index (χ4v) is 2.78. The van der Waals surface area contributed by atoms with E-state index in [4.69, 9.17) is 28.9 Å². The lowest BCUT2D eigenvalue weighted by Gasteiger charge is -2.31. The van der Waals surface area contributed by atoms with Crippen molar-refractivity contribution in [3.8, 4) is 0 Å². The van der Waals surface area contributed by atoms with Crippen molar-refractivity contribution in [3.63, 3.8) is 0 Å². The van der Waals surface area contributed by atoms with E-state index in [1.165, 1.54) is 0 Å². The van der Waals surface area contributed by atoms with Gasteiger partial charge in [0.15, 0.2) is 0 Å². The highest BCUT2D eigenvalue weighted by atomic mass is 35.5. The summed E-state index contributed by atoms with van der Waals surface area (Å²) in [6.07, 6.45) is 0.790. The van der Waals surface area contributed by atoms with E-state index < -0.39 is 0 Å². The summed E-state index contributed by atoms with van der Waals surface area (Å²) in [5.74, 6) is -0.0493. The van der Waals surface area contributed by atoms with E-state index in [-0.39, 0.29) is 24.2 Å². The lowest BCUT2D eigenvalue weighted by atomic mass is 9.98. The Hall–Kier alpha value is -0.480. The summed E-state index contributed by atoms with van der Waals surface area (Å²) in [6, 6.07) is 3.65. The molecule has 0 spiro atoms. The average molecular weight is 324 g/mol. The first-order valence-electron chi connectivity index (χ1n) is 5.98. The van der Waals surface area contributed by atoms with Gasteiger partial charge in [-0.3, -0.25) is 4.79 Å². The number of hydrogen-bond donors (Lipinski definition) is 1. The summed E-state index contributed by atoms with van der Waals surface area (Å²) in [7, 11) is 0. The maximum Gasteiger partial charge on any atom is 0.226 e. The maximum atomic E-state index is 12.1. The van der Waals surface area contributed by atoms with Crippen molar-refractivity contribution in [2.75, 3.05) is 13.1 Å². The van der Waals surface area contributed by atoms with Gasteiger partial charge in [-0.1, -0.05) is 30.1 Å². The molecule has 19 heavy (non-hydrogen) atoms. The Morgan fingerprint density at radius 3 is 2.79 bits per heavy atom. The maximum absolute atomic E-state index is 12.1. The highest BCUT2D eigenvalue weighted by molar-refractivity contribution is 6.35. The Balaban J connectivity index is 0.00000180. The van der Waals surface area contributed by atoms with Gasteiger partial charge in [-0.05, 0) is 29.7 Å². The van der Waals surface area contributed by atoms with Gasteiger partial charge in [0.1, 0.15) is 0 Å². The molecule has 0 radical (unpaired) electrons. The van der Waals surface area contributed by atoms with Crippen LogP contribution in [0.4, 0.5) is 0 Å². The van der Waals surface area contributed by atoms with Gasteiger partial charge in [-0.2, -0.15) is 0 Å². The summed E-state index contributed by atoms with van der Waals surface area (Å²) in [4.78, 5) is 13.9. The molecule has 106 valence electrons. The molecule has 0 bridgehead atoms. The summed E-state index contributed by atoms with van der Waals surface area (Å²) in [5, 5.41) is 1.28. The molecular formula is C13H17Cl3N2O. The van der Waals surface area contributed by atoms with E-state index in [1.807, 2.05) is 17.9 Å². The van der Waals surface area contributed by atoms with Gasteiger partial charge in [0.25, 0.3) is 0 Å². The number of amides is 1. The fraction of sp³-hybridized carbons (Fsp3) is 0.462. The summed E-state index contributed by atoms with van der Waals surface area (Å²) >= 11 is 12.2.